The molecule has 2 nitrogen and oxygen atoms in total. The topological polar surface area (TPSA) is 21.3 Å². The first kappa shape index (κ1) is 14.9. The van der Waals surface area contributed by atoms with Crippen molar-refractivity contribution < 1.29 is 4.74 Å². The van der Waals surface area contributed by atoms with Gasteiger partial charge < -0.3 is 10.1 Å². The molecule has 0 fully saturated rings. The molecular formula is C17H20ClNOS. The monoisotopic (exact) mass is 321 g/mol. The van der Waals surface area contributed by atoms with E-state index in [2.05, 4.69) is 30.4 Å². The smallest absolute Gasteiger partial charge is 0.119 e. The molecule has 0 radical (unpaired) electrons. The van der Waals surface area contributed by atoms with Crippen LogP contribution >= 0.6 is 22.9 Å². The Bertz CT molecular complexity index is 625. The Morgan fingerprint density at radius 2 is 2.24 bits per heavy atom. The quantitative estimate of drug-likeness (QED) is 0.842. The predicted molar refractivity (Wildman–Crippen MR) is 89.6 cm³/mol. The standard InChI is InChI=1S/C17H20ClNOS/c1-11(12-5-3-6-13(9-12)20-2)19-15-7-4-8-16-14(15)10-17(18)21-16/h3,5-6,9-11,15,19H,4,7-8H2,1-2H3/t11-,15?/m1/s1. The zero-order chi connectivity index (χ0) is 14.8. The molecule has 1 unspecified atom stereocenters. The average Bonchev–Trinajstić information content (AvgIpc) is 2.88. The minimum absolute atomic E-state index is 0.287. The number of rotatable bonds is 4. The van der Waals surface area contributed by atoms with E-state index in [1.807, 2.05) is 12.1 Å². The number of hydrogen-bond donors (Lipinski definition) is 1. The SMILES string of the molecule is COc1cccc([C@@H](C)NC2CCCc3sc(Cl)cc32)c1. The Labute approximate surface area is 135 Å². The van der Waals surface area contributed by atoms with Crippen LogP contribution in [0.3, 0.4) is 0 Å². The molecule has 1 aromatic heterocycles. The molecule has 2 atom stereocenters. The van der Waals surface area contributed by atoms with Crippen molar-refractivity contribution in [2.24, 2.45) is 0 Å². The van der Waals surface area contributed by atoms with E-state index in [9.17, 15) is 0 Å². The van der Waals surface area contributed by atoms with E-state index in [1.165, 1.54) is 35.3 Å². The summed E-state index contributed by atoms with van der Waals surface area (Å²) in [6.07, 6.45) is 3.57. The van der Waals surface area contributed by atoms with Gasteiger partial charge in [0.15, 0.2) is 0 Å². The van der Waals surface area contributed by atoms with Crippen molar-refractivity contribution in [3.63, 3.8) is 0 Å². The van der Waals surface area contributed by atoms with E-state index < -0.39 is 0 Å². The van der Waals surface area contributed by atoms with Gasteiger partial charge in [0.1, 0.15) is 5.75 Å². The number of thiophene rings is 1. The normalized spacial score (nSPS) is 19.1. The lowest BCUT2D eigenvalue weighted by Gasteiger charge is -2.27. The molecule has 112 valence electrons. The summed E-state index contributed by atoms with van der Waals surface area (Å²) in [5, 5.41) is 3.75. The number of halogens is 1. The molecule has 21 heavy (non-hydrogen) atoms. The molecule has 1 aliphatic carbocycles. The Hall–Kier alpha value is -1.03. The zero-order valence-corrected chi connectivity index (χ0v) is 13.9. The summed E-state index contributed by atoms with van der Waals surface area (Å²) in [5.74, 6) is 0.907. The highest BCUT2D eigenvalue weighted by atomic mass is 35.5. The number of hydrogen-bond acceptors (Lipinski definition) is 3. The Balaban J connectivity index is 1.77. The highest BCUT2D eigenvalue weighted by Gasteiger charge is 2.24. The number of benzene rings is 1. The molecular weight excluding hydrogens is 302 g/mol. The van der Waals surface area contributed by atoms with Crippen molar-refractivity contribution in [2.45, 2.75) is 38.3 Å². The molecule has 0 saturated carbocycles. The average molecular weight is 322 g/mol. The molecule has 0 saturated heterocycles. The highest BCUT2D eigenvalue weighted by Crippen LogP contribution is 2.38. The fourth-order valence-electron chi connectivity index (χ4n) is 3.00. The number of ether oxygens (including phenoxy) is 1. The molecule has 0 spiro atoms. The van der Waals surface area contributed by atoms with Crippen molar-refractivity contribution in [3.8, 4) is 5.75 Å². The van der Waals surface area contributed by atoms with E-state index >= 15 is 0 Å². The summed E-state index contributed by atoms with van der Waals surface area (Å²) in [7, 11) is 1.71. The largest absolute Gasteiger partial charge is 0.497 e. The molecule has 3 rings (SSSR count). The summed E-state index contributed by atoms with van der Waals surface area (Å²) in [5.41, 5.74) is 2.65. The zero-order valence-electron chi connectivity index (χ0n) is 12.4. The Morgan fingerprint density at radius 1 is 1.38 bits per heavy atom. The maximum Gasteiger partial charge on any atom is 0.119 e. The summed E-state index contributed by atoms with van der Waals surface area (Å²) in [4.78, 5) is 1.45. The first-order valence-electron chi connectivity index (χ1n) is 7.35. The van der Waals surface area contributed by atoms with Crippen LogP contribution < -0.4 is 10.1 Å². The van der Waals surface area contributed by atoms with Crippen LogP contribution in [0.5, 0.6) is 5.75 Å². The van der Waals surface area contributed by atoms with Gasteiger partial charge >= 0.3 is 0 Å². The number of fused-ring (bicyclic) bond motifs is 1. The first-order valence-corrected chi connectivity index (χ1v) is 8.55. The fraction of sp³-hybridized carbons (Fsp3) is 0.412. The first-order chi connectivity index (χ1) is 10.2. The third-order valence-corrected chi connectivity index (χ3v) is 5.47. The molecule has 0 amide bonds. The van der Waals surface area contributed by atoms with Crippen LogP contribution in [0.2, 0.25) is 4.34 Å². The number of aryl methyl sites for hydroxylation is 1. The number of nitrogens with one attached hydrogen (secondary N) is 1. The minimum Gasteiger partial charge on any atom is -0.497 e. The second kappa shape index (κ2) is 6.39. The lowest BCUT2D eigenvalue weighted by atomic mass is 9.93. The van der Waals surface area contributed by atoms with Gasteiger partial charge in [-0.3, -0.25) is 0 Å². The van der Waals surface area contributed by atoms with Gasteiger partial charge in [0.25, 0.3) is 0 Å². The highest BCUT2D eigenvalue weighted by molar-refractivity contribution is 7.16. The molecule has 1 aromatic carbocycles. The molecule has 4 heteroatoms. The van der Waals surface area contributed by atoms with Crippen molar-refractivity contribution in [2.75, 3.05) is 7.11 Å². The molecule has 0 bridgehead atoms. The lowest BCUT2D eigenvalue weighted by Crippen LogP contribution is -2.27. The maximum absolute atomic E-state index is 6.18. The molecule has 1 aliphatic rings. The van der Waals surface area contributed by atoms with Crippen LogP contribution in [0.15, 0.2) is 30.3 Å². The van der Waals surface area contributed by atoms with Gasteiger partial charge in [0, 0.05) is 17.0 Å². The van der Waals surface area contributed by atoms with Crippen LogP contribution in [-0.2, 0) is 6.42 Å². The fourth-order valence-corrected chi connectivity index (χ4v) is 4.39. The predicted octanol–water partition coefficient (Wildman–Crippen LogP) is 5.14. The van der Waals surface area contributed by atoms with Gasteiger partial charge in [-0.15, -0.1) is 11.3 Å². The second-order valence-corrected chi connectivity index (χ2v) is 7.31. The van der Waals surface area contributed by atoms with Gasteiger partial charge in [-0.1, -0.05) is 23.7 Å². The van der Waals surface area contributed by atoms with E-state index in [0.29, 0.717) is 6.04 Å². The van der Waals surface area contributed by atoms with E-state index in [1.54, 1.807) is 18.4 Å². The van der Waals surface area contributed by atoms with Crippen molar-refractivity contribution in [1.82, 2.24) is 5.32 Å². The van der Waals surface area contributed by atoms with Crippen LogP contribution in [0.4, 0.5) is 0 Å². The van der Waals surface area contributed by atoms with Crippen molar-refractivity contribution in [1.29, 1.82) is 0 Å². The van der Waals surface area contributed by atoms with Gasteiger partial charge in [-0.2, -0.15) is 0 Å². The van der Waals surface area contributed by atoms with E-state index in [4.69, 9.17) is 16.3 Å². The minimum atomic E-state index is 0.287. The molecule has 2 aromatic rings. The van der Waals surface area contributed by atoms with Crippen LogP contribution in [0.1, 0.15) is 47.9 Å². The van der Waals surface area contributed by atoms with Crippen LogP contribution in [-0.4, -0.2) is 7.11 Å². The Morgan fingerprint density at radius 3 is 3.05 bits per heavy atom. The Kier molecular flexibility index (Phi) is 4.53. The summed E-state index contributed by atoms with van der Waals surface area (Å²) in [6.45, 7) is 2.21. The maximum atomic E-state index is 6.18. The van der Waals surface area contributed by atoms with Gasteiger partial charge in [0.2, 0.25) is 0 Å². The molecule has 1 N–H and O–H groups in total. The summed E-state index contributed by atoms with van der Waals surface area (Å²) in [6, 6.07) is 11.1. The third kappa shape index (κ3) is 3.25. The lowest BCUT2D eigenvalue weighted by molar-refractivity contribution is 0.405. The third-order valence-electron chi connectivity index (χ3n) is 4.13. The van der Waals surface area contributed by atoms with Crippen molar-refractivity contribution >= 4 is 22.9 Å². The molecule has 0 aliphatic heterocycles. The number of methoxy groups -OCH3 is 1. The molecule has 1 heterocycles. The van der Waals surface area contributed by atoms with E-state index in [-0.39, 0.29) is 6.04 Å². The van der Waals surface area contributed by atoms with E-state index in [0.717, 1.165) is 10.1 Å². The van der Waals surface area contributed by atoms with Crippen molar-refractivity contribution in [3.05, 3.63) is 50.7 Å². The van der Waals surface area contributed by atoms with Gasteiger partial charge in [-0.25, -0.2) is 0 Å². The van der Waals surface area contributed by atoms with Crippen LogP contribution in [0, 0.1) is 0 Å². The second-order valence-electron chi connectivity index (χ2n) is 5.54. The van der Waals surface area contributed by atoms with Crippen LogP contribution in [0.25, 0.3) is 0 Å². The summed E-state index contributed by atoms with van der Waals surface area (Å²) < 4.78 is 6.22. The van der Waals surface area contributed by atoms with Gasteiger partial charge in [-0.05, 0) is 55.5 Å². The van der Waals surface area contributed by atoms with Gasteiger partial charge in [0.05, 0.1) is 11.4 Å². The summed E-state index contributed by atoms with van der Waals surface area (Å²) >= 11 is 7.91.